The number of hydrogen-bond donors (Lipinski definition) is 2. The Morgan fingerprint density at radius 3 is 2.39 bits per heavy atom. The summed E-state index contributed by atoms with van der Waals surface area (Å²) in [6, 6.07) is 9.95. The maximum atomic E-state index is 14.4. The average molecular weight is 638 g/mol. The number of alkyl halides is 3. The number of nitrogens with zero attached hydrogens (tertiary/aromatic N) is 5. The van der Waals surface area contributed by atoms with E-state index in [1.165, 1.54) is 9.80 Å². The maximum absolute atomic E-state index is 14.4. The van der Waals surface area contributed by atoms with Gasteiger partial charge in [-0.05, 0) is 73.8 Å². The van der Waals surface area contributed by atoms with Crippen LogP contribution in [0.25, 0.3) is 0 Å². The Balaban J connectivity index is 1.36. The van der Waals surface area contributed by atoms with Crippen molar-refractivity contribution in [3.63, 3.8) is 0 Å². The van der Waals surface area contributed by atoms with Crippen LogP contribution in [0.4, 0.5) is 18.9 Å². The summed E-state index contributed by atoms with van der Waals surface area (Å²) in [5.74, 6) is 0.0948. The summed E-state index contributed by atoms with van der Waals surface area (Å²) in [5, 5.41) is 16.4. The van der Waals surface area contributed by atoms with Gasteiger partial charge in [-0.3, -0.25) is 25.3 Å². The van der Waals surface area contributed by atoms with E-state index in [-0.39, 0.29) is 36.0 Å². The first-order chi connectivity index (χ1) is 21.7. The Hall–Kier alpha value is -4.03. The third kappa shape index (κ3) is 6.59. The lowest BCUT2D eigenvalue weighted by Gasteiger charge is -2.48. The molecule has 1 saturated carbocycles. The minimum atomic E-state index is -4.64. The largest absolute Gasteiger partial charge is 0.416 e. The second-order valence-electron chi connectivity index (χ2n) is 13.1. The highest BCUT2D eigenvalue weighted by atomic mass is 19.4. The van der Waals surface area contributed by atoms with Gasteiger partial charge in [-0.2, -0.15) is 13.2 Å². The zero-order valence-electron chi connectivity index (χ0n) is 26.8. The van der Waals surface area contributed by atoms with Crippen molar-refractivity contribution in [2.75, 3.05) is 58.8 Å². The molecule has 0 spiro atoms. The van der Waals surface area contributed by atoms with Crippen LogP contribution in [-0.4, -0.2) is 97.5 Å². The van der Waals surface area contributed by atoms with Gasteiger partial charge in [-0.15, -0.1) is 0 Å². The fraction of sp³-hybridized carbons (Fsp3) is 0.471. The van der Waals surface area contributed by atoms with Gasteiger partial charge in [0, 0.05) is 63.6 Å². The molecule has 0 unspecified atom stereocenters. The number of benzene rings is 2. The lowest BCUT2D eigenvalue weighted by Crippen LogP contribution is -2.52. The Kier molecular flexibility index (Phi) is 9.42. The standard InChI is InChI=1S/C34H42F3N7O2/c1-23-18-33(19-23,32(39)41(4)22-38)25-7-5-8-26(17-25)44-21-28-27(31(44)46)15-24(16-29(28)34(35,36)37)20-42-11-13-43(14-12-42)30(45)9-6-10-40(2)3/h5-9,15-17,22-23,38-39H,10-14,18-21H2,1-4H3/b9-6+,38-22?,39-32?. The van der Waals surface area contributed by atoms with Gasteiger partial charge in [0.15, 0.2) is 0 Å². The number of nitrogens with one attached hydrogen (secondary N) is 2. The van der Waals surface area contributed by atoms with Gasteiger partial charge in [0.05, 0.1) is 23.9 Å². The number of rotatable bonds is 9. The molecule has 2 aromatic rings. The highest BCUT2D eigenvalue weighted by Gasteiger charge is 2.49. The summed E-state index contributed by atoms with van der Waals surface area (Å²) in [4.78, 5) is 34.8. The molecule has 3 aliphatic rings. The summed E-state index contributed by atoms with van der Waals surface area (Å²) in [6.07, 6.45) is 1.24. The van der Waals surface area contributed by atoms with Crippen molar-refractivity contribution in [1.82, 2.24) is 19.6 Å². The summed E-state index contributed by atoms with van der Waals surface area (Å²) in [6.45, 7) is 4.76. The van der Waals surface area contributed by atoms with Crippen molar-refractivity contribution in [1.29, 1.82) is 10.8 Å². The molecular weight excluding hydrogens is 595 g/mol. The number of hydrogen-bond acceptors (Lipinski definition) is 6. The first-order valence-electron chi connectivity index (χ1n) is 15.5. The number of fused-ring (bicyclic) bond motifs is 1. The molecule has 2 aliphatic heterocycles. The van der Waals surface area contributed by atoms with Gasteiger partial charge in [0.1, 0.15) is 5.84 Å². The van der Waals surface area contributed by atoms with Crippen molar-refractivity contribution in [2.24, 2.45) is 5.92 Å². The van der Waals surface area contributed by atoms with E-state index in [1.807, 2.05) is 42.1 Å². The number of likely N-dealkylation sites (N-methyl/N-ethyl adjacent to an activating group) is 2. The fourth-order valence-corrected chi connectivity index (χ4v) is 6.94. The molecule has 1 aliphatic carbocycles. The number of piperazine rings is 1. The third-order valence-electron chi connectivity index (χ3n) is 9.33. The molecule has 2 heterocycles. The first-order valence-corrected chi connectivity index (χ1v) is 15.5. The van der Waals surface area contributed by atoms with Gasteiger partial charge >= 0.3 is 6.18 Å². The summed E-state index contributed by atoms with van der Waals surface area (Å²) in [7, 11) is 5.49. The van der Waals surface area contributed by atoms with E-state index in [2.05, 4.69) is 6.92 Å². The van der Waals surface area contributed by atoms with Gasteiger partial charge in [-0.1, -0.05) is 25.1 Å². The molecule has 9 nitrogen and oxygen atoms in total. The smallest absolute Gasteiger partial charge is 0.337 e. The van der Waals surface area contributed by atoms with Crippen LogP contribution >= 0.6 is 0 Å². The van der Waals surface area contributed by atoms with E-state index in [4.69, 9.17) is 10.8 Å². The summed E-state index contributed by atoms with van der Waals surface area (Å²) >= 11 is 0. The second-order valence-corrected chi connectivity index (χ2v) is 13.1. The van der Waals surface area contributed by atoms with Crippen LogP contribution in [0.5, 0.6) is 0 Å². The number of amidine groups is 1. The lowest BCUT2D eigenvalue weighted by molar-refractivity contribution is -0.138. The average Bonchev–Trinajstić information content (AvgIpc) is 3.33. The van der Waals surface area contributed by atoms with E-state index < -0.39 is 23.1 Å². The third-order valence-corrected chi connectivity index (χ3v) is 9.33. The molecule has 1 saturated heterocycles. The molecule has 246 valence electrons. The van der Waals surface area contributed by atoms with Crippen molar-refractivity contribution in [2.45, 2.75) is 44.4 Å². The van der Waals surface area contributed by atoms with Gasteiger partial charge in [0.25, 0.3) is 5.91 Å². The molecule has 12 heteroatoms. The second kappa shape index (κ2) is 13.0. The minimum Gasteiger partial charge on any atom is -0.337 e. The molecule has 2 N–H and O–H groups in total. The SMILES string of the molecule is CC1CC(C(=N)N(C)C=N)(c2cccc(N3Cc4c(cc(CN5CCN(C(=O)/C=C/CN(C)C)CC5)cc4C(F)(F)F)C3=O)c2)C1. The maximum Gasteiger partial charge on any atom is 0.416 e. The Morgan fingerprint density at radius 2 is 1.78 bits per heavy atom. The van der Waals surface area contributed by atoms with Crippen molar-refractivity contribution in [3.8, 4) is 0 Å². The Labute approximate surface area is 268 Å². The Morgan fingerprint density at radius 1 is 1.09 bits per heavy atom. The minimum absolute atomic E-state index is 0.0326. The van der Waals surface area contributed by atoms with Gasteiger partial charge in [-0.25, -0.2) is 0 Å². The number of amides is 2. The molecule has 2 fully saturated rings. The quantitative estimate of drug-likeness (QED) is 0.234. The topological polar surface area (TPSA) is 98.0 Å². The highest BCUT2D eigenvalue weighted by Crippen LogP contribution is 2.50. The zero-order chi connectivity index (χ0) is 33.4. The molecule has 0 radical (unpaired) electrons. The number of carbonyl (C=O) groups is 2. The summed E-state index contributed by atoms with van der Waals surface area (Å²) < 4.78 is 43.2. The van der Waals surface area contributed by atoms with Gasteiger partial charge < -0.3 is 19.6 Å². The Bertz CT molecular complexity index is 1540. The molecule has 2 amide bonds. The van der Waals surface area contributed by atoms with E-state index >= 15 is 0 Å². The van der Waals surface area contributed by atoms with E-state index in [0.29, 0.717) is 62.7 Å². The van der Waals surface area contributed by atoms with E-state index in [1.54, 1.807) is 36.2 Å². The fourth-order valence-electron chi connectivity index (χ4n) is 6.94. The zero-order valence-corrected chi connectivity index (χ0v) is 26.8. The van der Waals surface area contributed by atoms with Crippen molar-refractivity contribution >= 4 is 29.7 Å². The lowest BCUT2D eigenvalue weighted by atomic mass is 9.58. The predicted octanol–water partition coefficient (Wildman–Crippen LogP) is 4.81. The highest BCUT2D eigenvalue weighted by molar-refractivity contribution is 6.10. The summed E-state index contributed by atoms with van der Waals surface area (Å²) in [5.41, 5.74) is 0.301. The van der Waals surface area contributed by atoms with Crippen molar-refractivity contribution < 1.29 is 22.8 Å². The molecular formula is C34H42F3N7O2. The van der Waals surface area contributed by atoms with Crippen LogP contribution in [0.2, 0.25) is 0 Å². The number of carbonyl (C=O) groups excluding carboxylic acids is 2. The first kappa shape index (κ1) is 33.3. The molecule has 46 heavy (non-hydrogen) atoms. The van der Waals surface area contributed by atoms with E-state index in [0.717, 1.165) is 18.0 Å². The predicted molar refractivity (Wildman–Crippen MR) is 172 cm³/mol. The number of anilines is 1. The van der Waals surface area contributed by atoms with Crippen LogP contribution < -0.4 is 4.90 Å². The van der Waals surface area contributed by atoms with Crippen LogP contribution in [-0.2, 0) is 29.5 Å². The van der Waals surface area contributed by atoms with Crippen LogP contribution in [0.3, 0.4) is 0 Å². The molecule has 0 bridgehead atoms. The molecule has 0 aromatic heterocycles. The van der Waals surface area contributed by atoms with Crippen LogP contribution in [0.1, 0.15) is 52.4 Å². The van der Waals surface area contributed by atoms with E-state index in [9.17, 15) is 22.8 Å². The van der Waals surface area contributed by atoms with Crippen molar-refractivity contribution in [3.05, 3.63) is 76.4 Å². The van der Waals surface area contributed by atoms with Gasteiger partial charge in [0.2, 0.25) is 5.91 Å². The monoisotopic (exact) mass is 637 g/mol. The molecule has 5 rings (SSSR count). The van der Waals surface area contributed by atoms with Crippen LogP contribution in [0, 0.1) is 16.7 Å². The normalized spacial score (nSPS) is 21.9. The number of halogens is 3. The molecule has 2 aromatic carbocycles. The molecule has 0 atom stereocenters. The van der Waals surface area contributed by atoms with Crippen LogP contribution in [0.15, 0.2) is 48.6 Å².